The van der Waals surface area contributed by atoms with Crippen molar-refractivity contribution in [3.05, 3.63) is 0 Å². The highest BCUT2D eigenvalue weighted by Gasteiger charge is 2.14. The molecule has 84 valence electrons. The van der Waals surface area contributed by atoms with Crippen molar-refractivity contribution in [2.75, 3.05) is 27.2 Å². The monoisotopic (exact) mass is 202 g/mol. The molecule has 0 saturated carbocycles. The Morgan fingerprint density at radius 3 is 2.07 bits per heavy atom. The van der Waals surface area contributed by atoms with Gasteiger partial charge in [-0.1, -0.05) is 0 Å². The van der Waals surface area contributed by atoms with E-state index in [1.54, 1.807) is 11.9 Å². The van der Waals surface area contributed by atoms with Gasteiger partial charge in [0.25, 0.3) is 5.91 Å². The summed E-state index contributed by atoms with van der Waals surface area (Å²) in [5.74, 6) is -0.220. The molecule has 1 atom stereocenters. The minimum Gasteiger partial charge on any atom is -0.384 e. The van der Waals surface area contributed by atoms with Crippen LogP contribution in [0.15, 0.2) is 0 Å². The van der Waals surface area contributed by atoms with Gasteiger partial charge in [-0.05, 0) is 27.8 Å². The third-order valence-electron chi connectivity index (χ3n) is 2.40. The Bertz CT molecular complexity index is 181. The van der Waals surface area contributed by atoms with Gasteiger partial charge in [0.15, 0.2) is 0 Å². The summed E-state index contributed by atoms with van der Waals surface area (Å²) >= 11 is 0. The largest absolute Gasteiger partial charge is 0.384 e. The standard InChI is InChI=1S/C10H22N2O2/c1-8(2)11(4)6-7-12(5)10(14)9(3)13/h8-9,13H,6-7H2,1-5H3. The van der Waals surface area contributed by atoms with Gasteiger partial charge in [-0.25, -0.2) is 0 Å². The van der Waals surface area contributed by atoms with Crippen molar-refractivity contribution in [3.8, 4) is 0 Å². The predicted molar refractivity (Wildman–Crippen MR) is 57.1 cm³/mol. The molecule has 0 spiro atoms. The highest BCUT2D eigenvalue weighted by Crippen LogP contribution is 1.96. The van der Waals surface area contributed by atoms with Crippen LogP contribution in [0.5, 0.6) is 0 Å². The van der Waals surface area contributed by atoms with Gasteiger partial charge in [-0.15, -0.1) is 0 Å². The average molecular weight is 202 g/mol. The molecular weight excluding hydrogens is 180 g/mol. The number of rotatable bonds is 5. The molecule has 1 unspecified atom stereocenters. The minimum atomic E-state index is -0.899. The first-order valence-corrected chi connectivity index (χ1v) is 4.99. The molecule has 0 heterocycles. The third kappa shape index (κ3) is 4.58. The smallest absolute Gasteiger partial charge is 0.250 e. The Labute approximate surface area is 86.5 Å². The molecule has 0 radical (unpaired) electrons. The maximum absolute atomic E-state index is 11.3. The van der Waals surface area contributed by atoms with Crippen LogP contribution in [0.4, 0.5) is 0 Å². The Kier molecular flexibility index (Phi) is 5.72. The van der Waals surface area contributed by atoms with E-state index in [0.717, 1.165) is 6.54 Å². The number of aliphatic hydroxyl groups is 1. The zero-order valence-corrected chi connectivity index (χ0v) is 9.82. The summed E-state index contributed by atoms with van der Waals surface area (Å²) in [4.78, 5) is 15.0. The van der Waals surface area contributed by atoms with Gasteiger partial charge in [0.2, 0.25) is 0 Å². The Hall–Kier alpha value is -0.610. The van der Waals surface area contributed by atoms with Gasteiger partial charge in [-0.2, -0.15) is 0 Å². The lowest BCUT2D eigenvalue weighted by Crippen LogP contribution is -2.40. The predicted octanol–water partition coefficient (Wildman–Crippen LogP) is 0.166. The van der Waals surface area contributed by atoms with Crippen molar-refractivity contribution in [3.63, 3.8) is 0 Å². The number of hydrogen-bond acceptors (Lipinski definition) is 3. The summed E-state index contributed by atoms with van der Waals surface area (Å²) in [6.45, 7) is 7.18. The zero-order chi connectivity index (χ0) is 11.3. The molecule has 4 heteroatoms. The van der Waals surface area contributed by atoms with Crippen molar-refractivity contribution in [2.24, 2.45) is 0 Å². The number of amides is 1. The van der Waals surface area contributed by atoms with Crippen LogP contribution < -0.4 is 0 Å². The van der Waals surface area contributed by atoms with Gasteiger partial charge in [-0.3, -0.25) is 4.79 Å². The van der Waals surface area contributed by atoms with Crippen LogP contribution in [-0.2, 0) is 4.79 Å². The highest BCUT2D eigenvalue weighted by molar-refractivity contribution is 5.79. The molecule has 0 fully saturated rings. The van der Waals surface area contributed by atoms with Crippen LogP contribution in [-0.4, -0.2) is 60.1 Å². The second kappa shape index (κ2) is 5.98. The number of nitrogens with zero attached hydrogens (tertiary/aromatic N) is 2. The van der Waals surface area contributed by atoms with Crippen molar-refractivity contribution in [1.82, 2.24) is 9.80 Å². The second-order valence-corrected chi connectivity index (χ2v) is 4.01. The van der Waals surface area contributed by atoms with Crippen LogP contribution in [0.25, 0.3) is 0 Å². The van der Waals surface area contributed by atoms with Crippen LogP contribution >= 0.6 is 0 Å². The summed E-state index contributed by atoms with van der Waals surface area (Å²) in [5, 5.41) is 9.06. The Balaban J connectivity index is 3.85. The van der Waals surface area contributed by atoms with Crippen LogP contribution in [0.2, 0.25) is 0 Å². The molecular formula is C10H22N2O2. The van der Waals surface area contributed by atoms with E-state index in [2.05, 4.69) is 18.7 Å². The Morgan fingerprint density at radius 1 is 1.21 bits per heavy atom. The first-order chi connectivity index (χ1) is 6.36. The molecule has 1 N–H and O–H groups in total. The lowest BCUT2D eigenvalue weighted by atomic mass is 10.3. The van der Waals surface area contributed by atoms with E-state index < -0.39 is 6.10 Å². The van der Waals surface area contributed by atoms with Gasteiger partial charge < -0.3 is 14.9 Å². The van der Waals surface area contributed by atoms with E-state index in [1.807, 2.05) is 7.05 Å². The molecule has 0 aliphatic heterocycles. The van der Waals surface area contributed by atoms with Crippen molar-refractivity contribution < 1.29 is 9.90 Å². The van der Waals surface area contributed by atoms with E-state index in [1.165, 1.54) is 6.92 Å². The van der Waals surface area contributed by atoms with Crippen molar-refractivity contribution in [2.45, 2.75) is 32.9 Å². The second-order valence-electron chi connectivity index (χ2n) is 4.01. The van der Waals surface area contributed by atoms with Crippen molar-refractivity contribution >= 4 is 5.91 Å². The SMILES string of the molecule is CC(O)C(=O)N(C)CCN(C)C(C)C. The minimum absolute atomic E-state index is 0.220. The molecule has 0 saturated heterocycles. The van der Waals surface area contributed by atoms with Gasteiger partial charge in [0, 0.05) is 26.2 Å². The Morgan fingerprint density at radius 2 is 1.71 bits per heavy atom. The number of carbonyl (C=O) groups excluding carboxylic acids is 1. The van der Waals surface area contributed by atoms with Crippen molar-refractivity contribution in [1.29, 1.82) is 0 Å². The van der Waals surface area contributed by atoms with E-state index in [4.69, 9.17) is 5.11 Å². The van der Waals surface area contributed by atoms with E-state index in [0.29, 0.717) is 12.6 Å². The molecule has 4 nitrogen and oxygen atoms in total. The quantitative estimate of drug-likeness (QED) is 0.691. The molecule has 0 aromatic carbocycles. The molecule has 14 heavy (non-hydrogen) atoms. The lowest BCUT2D eigenvalue weighted by molar-refractivity contribution is -0.138. The number of aliphatic hydroxyl groups excluding tert-OH is 1. The van der Waals surface area contributed by atoms with E-state index >= 15 is 0 Å². The molecule has 0 aliphatic rings. The number of likely N-dealkylation sites (N-methyl/N-ethyl adjacent to an activating group) is 2. The van der Waals surface area contributed by atoms with E-state index in [9.17, 15) is 4.79 Å². The molecule has 0 aromatic rings. The first-order valence-electron chi connectivity index (χ1n) is 4.99. The topological polar surface area (TPSA) is 43.8 Å². The fraction of sp³-hybridized carbons (Fsp3) is 0.900. The molecule has 0 bridgehead atoms. The van der Waals surface area contributed by atoms with Gasteiger partial charge in [0.1, 0.15) is 6.10 Å². The van der Waals surface area contributed by atoms with Gasteiger partial charge in [0.05, 0.1) is 0 Å². The van der Waals surface area contributed by atoms with E-state index in [-0.39, 0.29) is 5.91 Å². The molecule has 0 aromatic heterocycles. The average Bonchev–Trinajstić information content (AvgIpc) is 2.11. The lowest BCUT2D eigenvalue weighted by Gasteiger charge is -2.25. The molecule has 1 amide bonds. The zero-order valence-electron chi connectivity index (χ0n) is 9.82. The highest BCUT2D eigenvalue weighted by atomic mass is 16.3. The normalized spacial score (nSPS) is 13.4. The third-order valence-corrected chi connectivity index (χ3v) is 2.40. The fourth-order valence-electron chi connectivity index (χ4n) is 0.995. The van der Waals surface area contributed by atoms with Crippen LogP contribution in [0, 0.1) is 0 Å². The van der Waals surface area contributed by atoms with Crippen LogP contribution in [0.1, 0.15) is 20.8 Å². The molecule has 0 aliphatic carbocycles. The number of carbonyl (C=O) groups is 1. The molecule has 0 rings (SSSR count). The van der Waals surface area contributed by atoms with Gasteiger partial charge >= 0.3 is 0 Å². The number of hydrogen-bond donors (Lipinski definition) is 1. The summed E-state index contributed by atoms with van der Waals surface area (Å²) < 4.78 is 0. The maximum Gasteiger partial charge on any atom is 0.250 e. The van der Waals surface area contributed by atoms with Crippen LogP contribution in [0.3, 0.4) is 0 Å². The summed E-state index contributed by atoms with van der Waals surface area (Å²) in [6, 6.07) is 0.477. The first kappa shape index (κ1) is 13.4. The fourth-order valence-corrected chi connectivity index (χ4v) is 0.995. The maximum atomic E-state index is 11.3. The summed E-state index contributed by atoms with van der Waals surface area (Å²) in [5.41, 5.74) is 0. The summed E-state index contributed by atoms with van der Waals surface area (Å²) in [7, 11) is 3.73. The summed E-state index contributed by atoms with van der Waals surface area (Å²) in [6.07, 6.45) is -0.899.